The minimum absolute atomic E-state index is 0.245. The van der Waals surface area contributed by atoms with Crippen LogP contribution in [0.4, 0.5) is 0 Å². The van der Waals surface area contributed by atoms with E-state index in [1.54, 1.807) is 0 Å². The van der Waals surface area contributed by atoms with Crippen LogP contribution in [-0.4, -0.2) is 12.6 Å². The smallest absolute Gasteiger partial charge is 0.0697 e. The number of hydrogen-bond acceptors (Lipinski definition) is 2. The summed E-state index contributed by atoms with van der Waals surface area (Å²) in [6.07, 6.45) is 3.82. The molecule has 0 spiro atoms. The Morgan fingerprint density at radius 3 is 2.50 bits per heavy atom. The van der Waals surface area contributed by atoms with E-state index < -0.39 is 0 Å². The largest absolute Gasteiger partial charge is 0.312 e. The molecule has 2 heteroatoms. The minimum Gasteiger partial charge on any atom is -0.312 e. The zero-order chi connectivity index (χ0) is 12.4. The number of rotatable bonds is 3. The molecule has 0 bridgehead atoms. The van der Waals surface area contributed by atoms with Gasteiger partial charge in [0.05, 0.1) is 11.5 Å². The predicted molar refractivity (Wildman–Crippen MR) is 68.0 cm³/mol. The molecule has 0 amide bonds. The van der Waals surface area contributed by atoms with Gasteiger partial charge >= 0.3 is 0 Å². The molecule has 0 aromatic heterocycles. The third-order valence-electron chi connectivity index (χ3n) is 3.52. The van der Waals surface area contributed by atoms with Gasteiger partial charge in [0.1, 0.15) is 0 Å². The van der Waals surface area contributed by atoms with Gasteiger partial charge in [0.2, 0.25) is 0 Å². The summed E-state index contributed by atoms with van der Waals surface area (Å²) in [5.74, 6) is 0.798. The second-order valence-corrected chi connectivity index (χ2v) is 6.99. The number of nitriles is 1. The van der Waals surface area contributed by atoms with Crippen LogP contribution in [0, 0.1) is 28.1 Å². The van der Waals surface area contributed by atoms with Crippen molar-refractivity contribution in [2.45, 2.75) is 59.9 Å². The van der Waals surface area contributed by atoms with E-state index in [9.17, 15) is 0 Å². The van der Waals surface area contributed by atoms with Crippen molar-refractivity contribution >= 4 is 0 Å². The fourth-order valence-electron chi connectivity index (χ4n) is 2.94. The first-order valence-corrected chi connectivity index (χ1v) is 6.39. The molecule has 1 aliphatic rings. The maximum absolute atomic E-state index is 8.99. The summed E-state index contributed by atoms with van der Waals surface area (Å²) < 4.78 is 0. The molecule has 16 heavy (non-hydrogen) atoms. The van der Waals surface area contributed by atoms with Crippen molar-refractivity contribution in [2.24, 2.45) is 16.7 Å². The van der Waals surface area contributed by atoms with Gasteiger partial charge in [-0.3, -0.25) is 0 Å². The highest BCUT2D eigenvalue weighted by atomic mass is 14.9. The Morgan fingerprint density at radius 1 is 1.38 bits per heavy atom. The molecule has 0 aromatic rings. The van der Waals surface area contributed by atoms with Crippen LogP contribution in [0.15, 0.2) is 0 Å². The molecule has 2 nitrogen and oxygen atoms in total. The van der Waals surface area contributed by atoms with E-state index >= 15 is 0 Å². The maximum atomic E-state index is 8.99. The zero-order valence-corrected chi connectivity index (χ0v) is 11.4. The molecule has 1 aliphatic carbocycles. The van der Waals surface area contributed by atoms with E-state index in [0.29, 0.717) is 11.5 Å². The molecule has 1 rings (SSSR count). The fraction of sp³-hybridized carbons (Fsp3) is 0.929. The molecule has 1 N–H and O–H groups in total. The van der Waals surface area contributed by atoms with E-state index in [0.717, 1.165) is 12.5 Å². The van der Waals surface area contributed by atoms with Crippen LogP contribution < -0.4 is 5.32 Å². The van der Waals surface area contributed by atoms with Crippen LogP contribution in [0.2, 0.25) is 0 Å². The van der Waals surface area contributed by atoms with Crippen molar-refractivity contribution in [3.8, 4) is 6.07 Å². The van der Waals surface area contributed by atoms with Crippen molar-refractivity contribution in [1.82, 2.24) is 5.32 Å². The van der Waals surface area contributed by atoms with Crippen LogP contribution in [-0.2, 0) is 0 Å². The lowest BCUT2D eigenvalue weighted by molar-refractivity contribution is 0.147. The molecule has 0 aliphatic heterocycles. The summed E-state index contributed by atoms with van der Waals surface area (Å²) in [6, 6.07) is 2.94. The summed E-state index contributed by atoms with van der Waals surface area (Å²) in [5, 5.41) is 12.6. The Hall–Kier alpha value is -0.550. The zero-order valence-electron chi connectivity index (χ0n) is 11.4. The van der Waals surface area contributed by atoms with E-state index in [-0.39, 0.29) is 5.41 Å². The Labute approximate surface area is 100 Å². The van der Waals surface area contributed by atoms with Crippen molar-refractivity contribution in [2.75, 3.05) is 6.54 Å². The van der Waals surface area contributed by atoms with Gasteiger partial charge in [-0.15, -0.1) is 0 Å². The van der Waals surface area contributed by atoms with Gasteiger partial charge < -0.3 is 5.32 Å². The molecule has 0 radical (unpaired) electrons. The Morgan fingerprint density at radius 2 is 2.00 bits per heavy atom. The molecule has 1 saturated carbocycles. The van der Waals surface area contributed by atoms with Gasteiger partial charge in [0.15, 0.2) is 0 Å². The number of hydrogen-bond donors (Lipinski definition) is 1. The van der Waals surface area contributed by atoms with Crippen LogP contribution in [0.5, 0.6) is 0 Å². The first kappa shape index (κ1) is 13.5. The van der Waals surface area contributed by atoms with E-state index in [1.165, 1.54) is 19.3 Å². The standard InChI is InChI=1S/C14H26N2/c1-11-6-12(8-13(2,3)7-11)16-10-14(4,5)9-15/h11-12,16H,6-8,10H2,1-5H3. The quantitative estimate of drug-likeness (QED) is 0.795. The van der Waals surface area contributed by atoms with E-state index in [2.05, 4.69) is 32.2 Å². The minimum atomic E-state index is -0.245. The summed E-state index contributed by atoms with van der Waals surface area (Å²) >= 11 is 0. The normalized spacial score (nSPS) is 29.8. The SMILES string of the molecule is CC1CC(NCC(C)(C)C#N)CC(C)(C)C1. The van der Waals surface area contributed by atoms with E-state index in [4.69, 9.17) is 5.26 Å². The second-order valence-electron chi connectivity index (χ2n) is 6.99. The average molecular weight is 222 g/mol. The lowest BCUT2D eigenvalue weighted by Crippen LogP contribution is -2.43. The molecule has 0 heterocycles. The molecule has 2 unspecified atom stereocenters. The highest BCUT2D eigenvalue weighted by Gasteiger charge is 2.32. The Kier molecular flexibility index (Phi) is 4.02. The van der Waals surface area contributed by atoms with Gasteiger partial charge in [-0.1, -0.05) is 20.8 Å². The number of nitrogens with one attached hydrogen (secondary N) is 1. The summed E-state index contributed by atoms with van der Waals surface area (Å²) in [4.78, 5) is 0. The topological polar surface area (TPSA) is 35.8 Å². The van der Waals surface area contributed by atoms with Crippen LogP contribution in [0.25, 0.3) is 0 Å². The third kappa shape index (κ3) is 4.14. The lowest BCUT2D eigenvalue weighted by Gasteiger charge is -2.40. The van der Waals surface area contributed by atoms with Crippen molar-refractivity contribution < 1.29 is 0 Å². The summed E-state index contributed by atoms with van der Waals surface area (Å²) in [6.45, 7) is 11.8. The summed E-state index contributed by atoms with van der Waals surface area (Å²) in [5.41, 5.74) is 0.205. The molecule has 0 aromatic carbocycles. The molecular formula is C14H26N2. The molecule has 0 saturated heterocycles. The molecule has 92 valence electrons. The van der Waals surface area contributed by atoms with E-state index in [1.807, 2.05) is 13.8 Å². The lowest BCUT2D eigenvalue weighted by atomic mass is 9.70. The highest BCUT2D eigenvalue weighted by Crippen LogP contribution is 2.38. The maximum Gasteiger partial charge on any atom is 0.0697 e. The van der Waals surface area contributed by atoms with Crippen molar-refractivity contribution in [1.29, 1.82) is 5.26 Å². The van der Waals surface area contributed by atoms with Crippen LogP contribution >= 0.6 is 0 Å². The molecule has 2 atom stereocenters. The van der Waals surface area contributed by atoms with Gasteiger partial charge in [0.25, 0.3) is 0 Å². The van der Waals surface area contributed by atoms with Gasteiger partial charge in [-0.25, -0.2) is 0 Å². The average Bonchev–Trinajstić information content (AvgIpc) is 2.12. The second kappa shape index (κ2) is 4.75. The third-order valence-corrected chi connectivity index (χ3v) is 3.52. The van der Waals surface area contributed by atoms with Gasteiger partial charge in [0, 0.05) is 12.6 Å². The van der Waals surface area contributed by atoms with Crippen LogP contribution in [0.3, 0.4) is 0 Å². The predicted octanol–water partition coefficient (Wildman–Crippen LogP) is 3.34. The van der Waals surface area contributed by atoms with Gasteiger partial charge in [-0.2, -0.15) is 5.26 Å². The molecule has 1 fully saturated rings. The Bertz CT molecular complexity index is 273. The number of nitrogens with zero attached hydrogens (tertiary/aromatic N) is 1. The van der Waals surface area contributed by atoms with Gasteiger partial charge in [-0.05, 0) is 44.4 Å². The first-order valence-electron chi connectivity index (χ1n) is 6.39. The summed E-state index contributed by atoms with van der Waals surface area (Å²) in [7, 11) is 0. The highest BCUT2D eigenvalue weighted by molar-refractivity contribution is 4.95. The molecular weight excluding hydrogens is 196 g/mol. The monoisotopic (exact) mass is 222 g/mol. The van der Waals surface area contributed by atoms with Crippen LogP contribution in [0.1, 0.15) is 53.9 Å². The van der Waals surface area contributed by atoms with Crippen molar-refractivity contribution in [3.05, 3.63) is 0 Å². The van der Waals surface area contributed by atoms with Crippen molar-refractivity contribution in [3.63, 3.8) is 0 Å². The Balaban J connectivity index is 2.47. The first-order chi connectivity index (χ1) is 7.24. The fourth-order valence-corrected chi connectivity index (χ4v) is 2.94.